The summed E-state index contributed by atoms with van der Waals surface area (Å²) in [6.07, 6.45) is 4.27. The van der Waals surface area contributed by atoms with Crippen molar-refractivity contribution in [2.45, 2.75) is 32.6 Å². The molecule has 0 bridgehead atoms. The molecule has 0 heterocycles. The molecule has 21 heavy (non-hydrogen) atoms. The van der Waals surface area contributed by atoms with E-state index in [0.29, 0.717) is 18.8 Å². The van der Waals surface area contributed by atoms with Crippen LogP contribution >= 0.6 is 0 Å². The second-order valence-corrected chi connectivity index (χ2v) is 5.37. The van der Waals surface area contributed by atoms with Crippen molar-refractivity contribution in [2.75, 3.05) is 18.4 Å². The summed E-state index contributed by atoms with van der Waals surface area (Å²) in [5, 5.41) is 17.1. The summed E-state index contributed by atoms with van der Waals surface area (Å²) in [6.45, 7) is 3.19. The molecule has 0 saturated heterocycles. The van der Waals surface area contributed by atoms with Gasteiger partial charge in [0, 0.05) is 13.1 Å². The van der Waals surface area contributed by atoms with Crippen LogP contribution in [0.15, 0.2) is 18.2 Å². The summed E-state index contributed by atoms with van der Waals surface area (Å²) >= 11 is 0. The zero-order valence-electron chi connectivity index (χ0n) is 12.2. The summed E-state index contributed by atoms with van der Waals surface area (Å²) in [5.74, 6) is 0.348. The quantitative estimate of drug-likeness (QED) is 0.569. The molecule has 6 heteroatoms. The number of nitrogens with one attached hydrogen (secondary N) is 2. The van der Waals surface area contributed by atoms with Gasteiger partial charge in [0.15, 0.2) is 0 Å². The van der Waals surface area contributed by atoms with Crippen molar-refractivity contribution in [3.63, 3.8) is 0 Å². The van der Waals surface area contributed by atoms with E-state index in [1.807, 2.05) is 6.92 Å². The monoisotopic (exact) mass is 291 g/mol. The van der Waals surface area contributed by atoms with Crippen LogP contribution in [0.5, 0.6) is 0 Å². The van der Waals surface area contributed by atoms with Gasteiger partial charge in [0.05, 0.1) is 4.92 Å². The molecule has 6 nitrogen and oxygen atoms in total. The van der Waals surface area contributed by atoms with Crippen LogP contribution in [-0.4, -0.2) is 23.9 Å². The number of amides is 1. The van der Waals surface area contributed by atoms with Gasteiger partial charge in [-0.15, -0.1) is 0 Å². The maximum Gasteiger partial charge on any atom is 0.305 e. The lowest BCUT2D eigenvalue weighted by Gasteiger charge is -2.10. The highest BCUT2D eigenvalue weighted by Gasteiger charge is 2.25. The van der Waals surface area contributed by atoms with Crippen LogP contribution in [0.25, 0.3) is 0 Å². The van der Waals surface area contributed by atoms with Gasteiger partial charge < -0.3 is 10.6 Å². The van der Waals surface area contributed by atoms with Crippen LogP contribution < -0.4 is 10.6 Å². The fourth-order valence-corrected chi connectivity index (χ4v) is 2.22. The van der Waals surface area contributed by atoms with Gasteiger partial charge in [0.25, 0.3) is 5.91 Å². The highest BCUT2D eigenvalue weighted by molar-refractivity contribution is 6.00. The number of hydrogen-bond donors (Lipinski definition) is 2. The van der Waals surface area contributed by atoms with E-state index >= 15 is 0 Å². The minimum absolute atomic E-state index is 0.122. The third-order valence-electron chi connectivity index (χ3n) is 3.56. The second-order valence-electron chi connectivity index (χ2n) is 5.37. The van der Waals surface area contributed by atoms with Gasteiger partial charge in [-0.2, -0.15) is 0 Å². The summed E-state index contributed by atoms with van der Waals surface area (Å²) in [7, 11) is 0. The van der Waals surface area contributed by atoms with E-state index in [0.717, 1.165) is 18.8 Å². The Morgan fingerprint density at radius 1 is 1.38 bits per heavy atom. The van der Waals surface area contributed by atoms with E-state index in [2.05, 4.69) is 10.6 Å². The highest BCUT2D eigenvalue weighted by Crippen LogP contribution is 2.32. The fourth-order valence-electron chi connectivity index (χ4n) is 2.22. The van der Waals surface area contributed by atoms with E-state index < -0.39 is 4.92 Å². The number of para-hydroxylation sites is 1. The van der Waals surface area contributed by atoms with E-state index in [4.69, 9.17) is 0 Å². The molecule has 2 N–H and O–H groups in total. The lowest BCUT2D eigenvalue weighted by molar-refractivity contribution is -0.384. The normalized spacial score (nSPS) is 13.8. The first-order valence-corrected chi connectivity index (χ1v) is 7.43. The molecule has 1 aromatic carbocycles. The van der Waals surface area contributed by atoms with Gasteiger partial charge >= 0.3 is 5.69 Å². The smallest absolute Gasteiger partial charge is 0.305 e. The number of benzene rings is 1. The molecule has 114 valence electrons. The van der Waals surface area contributed by atoms with E-state index in [-0.39, 0.29) is 17.2 Å². The Bertz CT molecular complexity index is 527. The molecule has 1 aromatic rings. The Hall–Kier alpha value is -2.11. The number of nitrogens with zero attached hydrogens (tertiary/aromatic N) is 1. The zero-order chi connectivity index (χ0) is 15.2. The number of anilines is 1. The molecule has 0 aliphatic heterocycles. The number of nitro benzene ring substituents is 1. The van der Waals surface area contributed by atoms with Crippen molar-refractivity contribution < 1.29 is 9.72 Å². The minimum atomic E-state index is -0.492. The highest BCUT2D eigenvalue weighted by atomic mass is 16.6. The van der Waals surface area contributed by atoms with Gasteiger partial charge in [-0.25, -0.2) is 0 Å². The Labute approximate surface area is 124 Å². The van der Waals surface area contributed by atoms with Crippen molar-refractivity contribution in [3.05, 3.63) is 33.9 Å². The molecule has 0 unspecified atom stereocenters. The summed E-state index contributed by atoms with van der Waals surface area (Å²) in [5.41, 5.74) is 0.378. The van der Waals surface area contributed by atoms with Crippen molar-refractivity contribution in [3.8, 4) is 0 Å². The summed E-state index contributed by atoms with van der Waals surface area (Å²) < 4.78 is 0. The zero-order valence-corrected chi connectivity index (χ0v) is 12.2. The SMILES string of the molecule is CCCNc1cccc(C(=O)NCCC2CC2)c1[N+](=O)[O-]. The maximum absolute atomic E-state index is 12.2. The van der Waals surface area contributed by atoms with E-state index in [1.165, 1.54) is 18.9 Å². The molecule has 1 fully saturated rings. The van der Waals surface area contributed by atoms with Crippen LogP contribution in [0.3, 0.4) is 0 Å². The maximum atomic E-state index is 12.2. The molecule has 1 aliphatic carbocycles. The van der Waals surface area contributed by atoms with Crippen LogP contribution in [0.1, 0.15) is 43.0 Å². The molecule has 1 saturated carbocycles. The van der Waals surface area contributed by atoms with Crippen LogP contribution in [-0.2, 0) is 0 Å². The largest absolute Gasteiger partial charge is 0.379 e. The topological polar surface area (TPSA) is 84.3 Å². The summed E-state index contributed by atoms with van der Waals surface area (Å²) in [6, 6.07) is 4.80. The van der Waals surface area contributed by atoms with Crippen molar-refractivity contribution in [2.24, 2.45) is 5.92 Å². The van der Waals surface area contributed by atoms with Crippen LogP contribution in [0, 0.1) is 16.0 Å². The van der Waals surface area contributed by atoms with Crippen LogP contribution in [0.2, 0.25) is 0 Å². The third-order valence-corrected chi connectivity index (χ3v) is 3.56. The van der Waals surface area contributed by atoms with E-state index in [9.17, 15) is 14.9 Å². The van der Waals surface area contributed by atoms with Crippen LogP contribution in [0.4, 0.5) is 11.4 Å². The molecule has 0 atom stereocenters. The molecular formula is C15H21N3O3. The van der Waals surface area contributed by atoms with Crippen molar-refractivity contribution >= 4 is 17.3 Å². The lowest BCUT2D eigenvalue weighted by Crippen LogP contribution is -2.25. The van der Waals surface area contributed by atoms with Crippen molar-refractivity contribution in [1.82, 2.24) is 5.32 Å². The predicted octanol–water partition coefficient (Wildman–Crippen LogP) is 2.95. The molecule has 1 aliphatic rings. The minimum Gasteiger partial charge on any atom is -0.379 e. The molecule has 0 radical (unpaired) electrons. The Morgan fingerprint density at radius 3 is 2.76 bits per heavy atom. The lowest BCUT2D eigenvalue weighted by atomic mass is 10.1. The second kappa shape index (κ2) is 7.06. The molecule has 0 spiro atoms. The number of carbonyl (C=O) groups is 1. The molecule has 2 rings (SSSR count). The van der Waals surface area contributed by atoms with Gasteiger partial charge in [0.1, 0.15) is 11.3 Å². The number of rotatable bonds is 8. The van der Waals surface area contributed by atoms with E-state index in [1.54, 1.807) is 12.1 Å². The van der Waals surface area contributed by atoms with Crippen molar-refractivity contribution in [1.29, 1.82) is 0 Å². The first-order valence-electron chi connectivity index (χ1n) is 7.43. The Balaban J connectivity index is 2.11. The summed E-state index contributed by atoms with van der Waals surface area (Å²) in [4.78, 5) is 23.0. The molecular weight excluding hydrogens is 270 g/mol. The van der Waals surface area contributed by atoms with Gasteiger partial charge in [0.2, 0.25) is 0 Å². The van der Waals surface area contributed by atoms with Gasteiger partial charge in [-0.3, -0.25) is 14.9 Å². The number of nitro groups is 1. The Morgan fingerprint density at radius 2 is 2.14 bits per heavy atom. The van der Waals surface area contributed by atoms with Gasteiger partial charge in [-0.1, -0.05) is 25.8 Å². The number of carbonyl (C=O) groups excluding carboxylic acids is 1. The average Bonchev–Trinajstić information content (AvgIpc) is 3.28. The standard InChI is InChI=1S/C15H21N3O3/c1-2-9-16-13-5-3-4-12(14(13)18(20)21)15(19)17-10-8-11-6-7-11/h3-5,11,16H,2,6-10H2,1H3,(H,17,19). The predicted molar refractivity (Wildman–Crippen MR) is 81.6 cm³/mol. The molecule has 0 aromatic heterocycles. The average molecular weight is 291 g/mol. The first-order chi connectivity index (χ1) is 10.1. The fraction of sp³-hybridized carbons (Fsp3) is 0.533. The molecule has 1 amide bonds. The van der Waals surface area contributed by atoms with Gasteiger partial charge in [-0.05, 0) is 30.9 Å². The third kappa shape index (κ3) is 4.18. The Kier molecular flexibility index (Phi) is 5.14. The first kappa shape index (κ1) is 15.3. The number of hydrogen-bond acceptors (Lipinski definition) is 4.